The second-order valence-electron chi connectivity index (χ2n) is 5.60. The maximum Gasteiger partial charge on any atom is 0.220 e. The molecule has 0 radical (unpaired) electrons. The van der Waals surface area contributed by atoms with Gasteiger partial charge in [-0.2, -0.15) is 0 Å². The van der Waals surface area contributed by atoms with E-state index in [1.807, 2.05) is 29.1 Å². The van der Waals surface area contributed by atoms with Crippen LogP contribution in [-0.2, 0) is 11.3 Å². The number of carbonyl (C=O) groups excluding carboxylic acids is 1. The van der Waals surface area contributed by atoms with E-state index in [2.05, 4.69) is 5.32 Å². The van der Waals surface area contributed by atoms with Crippen molar-refractivity contribution in [3.63, 3.8) is 0 Å². The first-order valence-electron chi connectivity index (χ1n) is 7.82. The molecule has 2 rings (SSSR count). The largest absolute Gasteiger partial charge is 0.497 e. The van der Waals surface area contributed by atoms with Gasteiger partial charge in [-0.15, -0.1) is 0 Å². The Hall–Kier alpha value is -2.27. The van der Waals surface area contributed by atoms with Gasteiger partial charge in [-0.25, -0.2) is 0 Å². The van der Waals surface area contributed by atoms with Crippen molar-refractivity contribution >= 4 is 5.91 Å². The third kappa shape index (κ3) is 5.14. The monoisotopic (exact) mass is 316 g/mol. The van der Waals surface area contributed by atoms with Gasteiger partial charge in [-0.1, -0.05) is 12.1 Å². The van der Waals surface area contributed by atoms with E-state index in [0.29, 0.717) is 6.42 Å². The van der Waals surface area contributed by atoms with Crippen molar-refractivity contribution in [2.45, 2.75) is 38.5 Å². The summed E-state index contributed by atoms with van der Waals surface area (Å²) in [6.45, 7) is 2.62. The summed E-state index contributed by atoms with van der Waals surface area (Å²) in [6.07, 6.45) is 4.43. The highest BCUT2D eigenvalue weighted by molar-refractivity contribution is 5.76. The van der Waals surface area contributed by atoms with Gasteiger partial charge in [0.2, 0.25) is 5.91 Å². The van der Waals surface area contributed by atoms with Crippen LogP contribution in [-0.4, -0.2) is 28.7 Å². The molecule has 0 saturated carbocycles. The zero-order chi connectivity index (χ0) is 16.7. The van der Waals surface area contributed by atoms with E-state index >= 15 is 0 Å². The van der Waals surface area contributed by atoms with Crippen molar-refractivity contribution in [3.05, 3.63) is 54.4 Å². The summed E-state index contributed by atoms with van der Waals surface area (Å²) < 4.78 is 7.14. The Bertz CT molecular complexity index is 593. The normalized spacial score (nSPS) is 13.3. The molecule has 2 N–H and O–H groups in total. The summed E-state index contributed by atoms with van der Waals surface area (Å²) in [4.78, 5) is 12.0. The van der Waals surface area contributed by atoms with Gasteiger partial charge in [0.1, 0.15) is 5.75 Å². The molecule has 1 aromatic carbocycles. The molecule has 0 fully saturated rings. The highest BCUT2D eigenvalue weighted by Gasteiger charge is 2.18. The SMILES string of the molecule is COc1ccc(C(O)C(C)NC(=O)CCCn2cccc2)cc1. The number of aliphatic hydroxyl groups is 1. The van der Waals surface area contributed by atoms with E-state index in [0.717, 1.165) is 24.3 Å². The third-order valence-corrected chi connectivity index (χ3v) is 3.81. The number of rotatable bonds is 8. The molecule has 2 unspecified atom stereocenters. The molecule has 0 saturated heterocycles. The topological polar surface area (TPSA) is 63.5 Å². The van der Waals surface area contributed by atoms with Gasteiger partial charge in [-0.3, -0.25) is 4.79 Å². The number of benzene rings is 1. The minimum atomic E-state index is -0.741. The number of nitrogens with one attached hydrogen (secondary N) is 1. The van der Waals surface area contributed by atoms with Crippen LogP contribution in [0.4, 0.5) is 0 Å². The number of aryl methyl sites for hydroxylation is 1. The number of carbonyl (C=O) groups is 1. The van der Waals surface area contributed by atoms with Crippen LogP contribution in [0.5, 0.6) is 5.75 Å². The Morgan fingerprint density at radius 2 is 1.91 bits per heavy atom. The Balaban J connectivity index is 1.77. The second-order valence-corrected chi connectivity index (χ2v) is 5.60. The maximum atomic E-state index is 12.0. The van der Waals surface area contributed by atoms with Crippen molar-refractivity contribution < 1.29 is 14.6 Å². The Labute approximate surface area is 136 Å². The smallest absolute Gasteiger partial charge is 0.220 e. The zero-order valence-corrected chi connectivity index (χ0v) is 13.6. The van der Waals surface area contributed by atoms with Crippen LogP contribution in [0.25, 0.3) is 0 Å². The summed E-state index contributed by atoms with van der Waals surface area (Å²) >= 11 is 0. The zero-order valence-electron chi connectivity index (χ0n) is 13.6. The minimum Gasteiger partial charge on any atom is -0.497 e. The number of ether oxygens (including phenoxy) is 1. The predicted octanol–water partition coefficient (Wildman–Crippen LogP) is 2.52. The van der Waals surface area contributed by atoms with Crippen LogP contribution in [0.3, 0.4) is 0 Å². The number of hydrogen-bond donors (Lipinski definition) is 2. The first-order chi connectivity index (χ1) is 11.1. The lowest BCUT2D eigenvalue weighted by molar-refractivity contribution is -0.122. The molecule has 0 aliphatic rings. The minimum absolute atomic E-state index is 0.0442. The van der Waals surface area contributed by atoms with E-state index in [1.165, 1.54) is 0 Å². The number of methoxy groups -OCH3 is 1. The van der Waals surface area contributed by atoms with Gasteiger partial charge in [-0.05, 0) is 43.2 Å². The lowest BCUT2D eigenvalue weighted by atomic mass is 10.0. The van der Waals surface area contributed by atoms with Crippen molar-refractivity contribution in [1.82, 2.24) is 9.88 Å². The Kier molecular flexibility index (Phi) is 6.23. The number of nitrogens with zero attached hydrogens (tertiary/aromatic N) is 1. The average molecular weight is 316 g/mol. The fourth-order valence-electron chi connectivity index (χ4n) is 2.44. The fraction of sp³-hybridized carbons (Fsp3) is 0.389. The van der Waals surface area contributed by atoms with E-state index in [9.17, 15) is 9.90 Å². The van der Waals surface area contributed by atoms with E-state index < -0.39 is 6.10 Å². The van der Waals surface area contributed by atoms with Crippen molar-refractivity contribution in [2.75, 3.05) is 7.11 Å². The van der Waals surface area contributed by atoms with Crippen molar-refractivity contribution in [1.29, 1.82) is 0 Å². The van der Waals surface area contributed by atoms with Crippen LogP contribution < -0.4 is 10.1 Å². The quantitative estimate of drug-likeness (QED) is 0.786. The number of aliphatic hydroxyl groups excluding tert-OH is 1. The molecule has 0 spiro atoms. The average Bonchev–Trinajstić information content (AvgIpc) is 3.07. The lowest BCUT2D eigenvalue weighted by Gasteiger charge is -2.21. The van der Waals surface area contributed by atoms with Crippen LogP contribution in [0.15, 0.2) is 48.8 Å². The molecule has 1 amide bonds. The van der Waals surface area contributed by atoms with E-state index in [4.69, 9.17) is 4.74 Å². The fourth-order valence-corrected chi connectivity index (χ4v) is 2.44. The standard InChI is InChI=1S/C18H24N2O3/c1-14(18(22)15-7-9-16(23-2)10-8-15)19-17(21)6-5-13-20-11-3-4-12-20/h3-4,7-12,14,18,22H,5-6,13H2,1-2H3,(H,19,21). The van der Waals surface area contributed by atoms with Crippen LogP contribution in [0.2, 0.25) is 0 Å². The lowest BCUT2D eigenvalue weighted by Crippen LogP contribution is -2.37. The molecule has 2 aromatic rings. The van der Waals surface area contributed by atoms with Gasteiger partial charge in [0, 0.05) is 25.4 Å². The molecule has 2 atom stereocenters. The van der Waals surface area contributed by atoms with Crippen LogP contribution >= 0.6 is 0 Å². The molecule has 0 aliphatic heterocycles. The third-order valence-electron chi connectivity index (χ3n) is 3.81. The predicted molar refractivity (Wildman–Crippen MR) is 89.2 cm³/mol. The molecule has 0 bridgehead atoms. The second kappa shape index (κ2) is 8.39. The first kappa shape index (κ1) is 17.1. The summed E-state index contributed by atoms with van der Waals surface area (Å²) in [5.74, 6) is 0.694. The summed E-state index contributed by atoms with van der Waals surface area (Å²) in [5.41, 5.74) is 0.756. The van der Waals surface area contributed by atoms with Gasteiger partial charge in [0.05, 0.1) is 19.3 Å². The molecule has 1 heterocycles. The maximum absolute atomic E-state index is 12.0. The van der Waals surface area contributed by atoms with Crippen LogP contribution in [0, 0.1) is 0 Å². The molecule has 5 heteroatoms. The highest BCUT2D eigenvalue weighted by atomic mass is 16.5. The number of amides is 1. The van der Waals surface area contributed by atoms with E-state index in [1.54, 1.807) is 38.3 Å². The van der Waals surface area contributed by atoms with E-state index in [-0.39, 0.29) is 11.9 Å². The Morgan fingerprint density at radius 3 is 2.52 bits per heavy atom. The molecule has 0 aliphatic carbocycles. The molecule has 5 nitrogen and oxygen atoms in total. The molecular formula is C18H24N2O3. The van der Waals surface area contributed by atoms with Gasteiger partial charge < -0.3 is 19.7 Å². The molecule has 124 valence electrons. The van der Waals surface area contributed by atoms with Gasteiger partial charge in [0.25, 0.3) is 0 Å². The summed E-state index contributed by atoms with van der Waals surface area (Å²) in [6, 6.07) is 10.8. The molecular weight excluding hydrogens is 292 g/mol. The number of aromatic nitrogens is 1. The highest BCUT2D eigenvalue weighted by Crippen LogP contribution is 2.20. The summed E-state index contributed by atoms with van der Waals surface area (Å²) in [7, 11) is 1.60. The van der Waals surface area contributed by atoms with Crippen LogP contribution in [0.1, 0.15) is 31.4 Å². The number of hydrogen-bond acceptors (Lipinski definition) is 3. The first-order valence-corrected chi connectivity index (χ1v) is 7.82. The van der Waals surface area contributed by atoms with Gasteiger partial charge in [0.15, 0.2) is 0 Å². The molecule has 1 aromatic heterocycles. The molecule has 23 heavy (non-hydrogen) atoms. The summed E-state index contributed by atoms with van der Waals surface area (Å²) in [5, 5.41) is 13.2. The van der Waals surface area contributed by atoms with Gasteiger partial charge >= 0.3 is 0 Å². The van der Waals surface area contributed by atoms with Crippen molar-refractivity contribution in [2.24, 2.45) is 0 Å². The van der Waals surface area contributed by atoms with Crippen molar-refractivity contribution in [3.8, 4) is 5.75 Å². The Morgan fingerprint density at radius 1 is 1.26 bits per heavy atom.